The first-order valence-corrected chi connectivity index (χ1v) is 6.24. The highest BCUT2D eigenvalue weighted by Gasteiger charge is 2.19. The Morgan fingerprint density at radius 1 is 1.73 bits per heavy atom. The molecule has 0 aliphatic carbocycles. The van der Waals surface area contributed by atoms with Crippen LogP contribution in [-0.4, -0.2) is 29.3 Å². The molecular weight excluding hydrogens is 281 g/mol. The van der Waals surface area contributed by atoms with Crippen molar-refractivity contribution in [3.63, 3.8) is 0 Å². The number of carboxylic acids is 1. The second-order valence-corrected chi connectivity index (χ2v) is 4.07. The second kappa shape index (κ2) is 5.64. The highest BCUT2D eigenvalue weighted by atomic mass is 127. The van der Waals surface area contributed by atoms with Gasteiger partial charge in [0.25, 0.3) is 0 Å². The van der Waals surface area contributed by atoms with E-state index in [1.807, 2.05) is 21.2 Å². The fourth-order valence-corrected chi connectivity index (χ4v) is 1.91. The van der Waals surface area contributed by atoms with Crippen molar-refractivity contribution >= 4 is 42.0 Å². The molecule has 0 aliphatic rings. The van der Waals surface area contributed by atoms with Crippen LogP contribution >= 0.6 is 30.1 Å². The predicted octanol–water partition coefficient (Wildman–Crippen LogP) is 0.659. The monoisotopic (exact) mass is 289 g/mol. The Balaban J connectivity index is 3.88. The zero-order valence-corrected chi connectivity index (χ0v) is 8.81. The van der Waals surface area contributed by atoms with Crippen molar-refractivity contribution < 1.29 is 14.7 Å². The highest BCUT2D eigenvalue weighted by molar-refractivity contribution is 14.2. The minimum absolute atomic E-state index is 0.0272. The summed E-state index contributed by atoms with van der Waals surface area (Å²) in [6.07, 6.45) is 0.0272. The van der Waals surface area contributed by atoms with Gasteiger partial charge in [-0.2, -0.15) is 0 Å². The summed E-state index contributed by atoms with van der Waals surface area (Å²) in [5.74, 6) is -1.20. The standard InChI is InChI=1S/C5H8INO3S/c1-7-4(8)2-3(11-6)5(9)10/h3H,2H2,1H3,(H,7,8)(H,9,10). The molecule has 0 fully saturated rings. The molecule has 0 heterocycles. The third-order valence-electron chi connectivity index (χ3n) is 1.03. The first-order valence-electron chi connectivity index (χ1n) is 2.82. The van der Waals surface area contributed by atoms with E-state index in [2.05, 4.69) is 5.32 Å². The lowest BCUT2D eigenvalue weighted by Gasteiger charge is -2.05. The number of nitrogens with one attached hydrogen (secondary N) is 1. The van der Waals surface area contributed by atoms with Crippen LogP contribution in [-0.2, 0) is 9.59 Å². The Kier molecular flexibility index (Phi) is 5.65. The molecule has 0 aromatic carbocycles. The number of carboxylic acid groups (broad SMARTS) is 1. The van der Waals surface area contributed by atoms with Crippen LogP contribution in [0.2, 0.25) is 0 Å². The van der Waals surface area contributed by atoms with Crippen LogP contribution in [0.25, 0.3) is 0 Å². The van der Waals surface area contributed by atoms with Gasteiger partial charge in [0.05, 0.1) is 0 Å². The van der Waals surface area contributed by atoms with E-state index in [1.54, 1.807) is 0 Å². The van der Waals surface area contributed by atoms with E-state index in [0.717, 1.165) is 8.93 Å². The van der Waals surface area contributed by atoms with Crippen LogP contribution in [0.4, 0.5) is 0 Å². The molecular formula is C5H8INO3S. The van der Waals surface area contributed by atoms with Crippen LogP contribution in [0.5, 0.6) is 0 Å². The van der Waals surface area contributed by atoms with E-state index in [0.29, 0.717) is 0 Å². The Hall–Kier alpha value is 0.0200. The van der Waals surface area contributed by atoms with Gasteiger partial charge in [0.15, 0.2) is 0 Å². The van der Waals surface area contributed by atoms with Gasteiger partial charge >= 0.3 is 5.97 Å². The zero-order valence-electron chi connectivity index (χ0n) is 5.83. The summed E-state index contributed by atoms with van der Waals surface area (Å²) >= 11 is 1.87. The second-order valence-electron chi connectivity index (χ2n) is 1.79. The van der Waals surface area contributed by atoms with Crippen molar-refractivity contribution in [3.8, 4) is 0 Å². The van der Waals surface area contributed by atoms with Crippen LogP contribution < -0.4 is 5.32 Å². The summed E-state index contributed by atoms with van der Waals surface area (Å²) < 4.78 is 0. The van der Waals surface area contributed by atoms with Crippen LogP contribution in [0.1, 0.15) is 6.42 Å². The van der Waals surface area contributed by atoms with Gasteiger partial charge in [-0.05, 0) is 21.2 Å². The molecule has 1 amide bonds. The third-order valence-corrected chi connectivity index (χ3v) is 3.46. The van der Waals surface area contributed by atoms with E-state index in [4.69, 9.17) is 5.11 Å². The molecule has 2 N–H and O–H groups in total. The lowest BCUT2D eigenvalue weighted by molar-refractivity contribution is -0.138. The maximum absolute atomic E-state index is 10.7. The van der Waals surface area contributed by atoms with E-state index in [9.17, 15) is 9.59 Å². The molecule has 0 aromatic heterocycles. The summed E-state index contributed by atoms with van der Waals surface area (Å²) in [5, 5.41) is 10.2. The van der Waals surface area contributed by atoms with Crippen LogP contribution in [0.15, 0.2) is 0 Å². The van der Waals surface area contributed by atoms with Crippen molar-refractivity contribution in [1.82, 2.24) is 5.32 Å². The molecule has 1 atom stereocenters. The molecule has 0 aliphatic heterocycles. The average molecular weight is 289 g/mol. The van der Waals surface area contributed by atoms with Gasteiger partial charge in [-0.1, -0.05) is 8.93 Å². The molecule has 11 heavy (non-hydrogen) atoms. The van der Waals surface area contributed by atoms with Gasteiger partial charge < -0.3 is 10.4 Å². The first kappa shape index (κ1) is 11.0. The number of aliphatic carboxylic acids is 1. The Morgan fingerprint density at radius 3 is 2.55 bits per heavy atom. The van der Waals surface area contributed by atoms with Crippen molar-refractivity contribution in [1.29, 1.82) is 0 Å². The Bertz CT molecular complexity index is 164. The number of rotatable bonds is 4. The summed E-state index contributed by atoms with van der Waals surface area (Å²) in [6.45, 7) is 0. The van der Waals surface area contributed by atoms with Crippen LogP contribution in [0.3, 0.4) is 0 Å². The van der Waals surface area contributed by atoms with Gasteiger partial charge in [-0.25, -0.2) is 0 Å². The number of carbonyl (C=O) groups excluding carboxylic acids is 1. The maximum atomic E-state index is 10.7. The molecule has 6 heteroatoms. The summed E-state index contributed by atoms with van der Waals surface area (Å²) in [7, 11) is 2.62. The maximum Gasteiger partial charge on any atom is 0.317 e. The molecule has 0 rings (SSSR count). The van der Waals surface area contributed by atoms with Gasteiger partial charge in [0.2, 0.25) is 5.91 Å². The summed E-state index contributed by atoms with van der Waals surface area (Å²) in [4.78, 5) is 21.1. The molecule has 0 radical (unpaired) electrons. The zero-order chi connectivity index (χ0) is 8.85. The van der Waals surface area contributed by atoms with E-state index < -0.39 is 11.2 Å². The van der Waals surface area contributed by atoms with Gasteiger partial charge in [0, 0.05) is 13.5 Å². The molecule has 0 bridgehead atoms. The number of amides is 1. The Morgan fingerprint density at radius 2 is 2.27 bits per heavy atom. The lowest BCUT2D eigenvalue weighted by atomic mass is 10.3. The topological polar surface area (TPSA) is 66.4 Å². The van der Waals surface area contributed by atoms with E-state index >= 15 is 0 Å². The van der Waals surface area contributed by atoms with E-state index in [1.165, 1.54) is 7.05 Å². The van der Waals surface area contributed by atoms with Crippen molar-refractivity contribution in [2.75, 3.05) is 7.05 Å². The first-order chi connectivity index (χ1) is 5.11. The van der Waals surface area contributed by atoms with Gasteiger partial charge in [-0.15, -0.1) is 0 Å². The molecule has 64 valence electrons. The normalized spacial score (nSPS) is 12.2. The summed E-state index contributed by atoms with van der Waals surface area (Å²) in [6, 6.07) is 0. The fraction of sp³-hybridized carbons (Fsp3) is 0.600. The minimum atomic E-state index is -0.951. The summed E-state index contributed by atoms with van der Waals surface area (Å²) in [5.41, 5.74) is 0. The van der Waals surface area contributed by atoms with Gasteiger partial charge in [-0.3, -0.25) is 9.59 Å². The Labute approximate surface area is 80.7 Å². The SMILES string of the molecule is CNC(=O)CC(SI)C(=O)O. The van der Waals surface area contributed by atoms with E-state index in [-0.39, 0.29) is 12.3 Å². The quantitative estimate of drug-likeness (QED) is 0.746. The highest BCUT2D eigenvalue weighted by Crippen LogP contribution is 2.22. The smallest absolute Gasteiger partial charge is 0.317 e. The largest absolute Gasteiger partial charge is 0.480 e. The molecule has 4 nitrogen and oxygen atoms in total. The predicted molar refractivity (Wildman–Crippen MR) is 51.7 cm³/mol. The van der Waals surface area contributed by atoms with Crippen molar-refractivity contribution in [3.05, 3.63) is 0 Å². The number of hydrogen-bond acceptors (Lipinski definition) is 3. The molecule has 0 spiro atoms. The third kappa shape index (κ3) is 4.46. The average Bonchev–Trinajstić information content (AvgIpc) is 1.99. The van der Waals surface area contributed by atoms with Gasteiger partial charge in [0.1, 0.15) is 5.25 Å². The fourth-order valence-electron chi connectivity index (χ4n) is 0.427. The van der Waals surface area contributed by atoms with Crippen molar-refractivity contribution in [2.45, 2.75) is 11.7 Å². The minimum Gasteiger partial charge on any atom is -0.480 e. The molecule has 0 saturated carbocycles. The molecule has 1 unspecified atom stereocenters. The molecule has 0 aromatic rings. The molecule has 0 saturated heterocycles. The van der Waals surface area contributed by atoms with Crippen LogP contribution in [0, 0.1) is 0 Å². The lowest BCUT2D eigenvalue weighted by Crippen LogP contribution is -2.26. The van der Waals surface area contributed by atoms with Crippen molar-refractivity contribution in [2.24, 2.45) is 0 Å². The number of hydrogen-bond donors (Lipinski definition) is 2. The number of carbonyl (C=O) groups is 2. The number of halogens is 1.